The number of carbonyl (C=O) groups is 3. The molecular weight excluding hydrogens is 382 g/mol. The standard InChI is InChI=1S/C23H21N3O4/c1-2-21(27)26-11-10-15-13-16(8-9-19(15)26)22(28)24-17-5-3-6-18(14-17)25-23(29)20-7-4-12-30-20/h3-9,12-14H,2,10-11H2,1H3,(H,24,28)(H,25,29). The summed E-state index contributed by atoms with van der Waals surface area (Å²) in [7, 11) is 0. The van der Waals surface area contributed by atoms with Gasteiger partial charge < -0.3 is 20.0 Å². The number of hydrogen-bond donors (Lipinski definition) is 2. The summed E-state index contributed by atoms with van der Waals surface area (Å²) in [5.74, 6) is -0.335. The van der Waals surface area contributed by atoms with Crippen LogP contribution >= 0.6 is 0 Å². The quantitative estimate of drug-likeness (QED) is 0.671. The fourth-order valence-corrected chi connectivity index (χ4v) is 3.47. The largest absolute Gasteiger partial charge is 0.459 e. The molecule has 0 saturated carbocycles. The molecule has 1 aliphatic rings. The Morgan fingerprint density at radius 1 is 0.967 bits per heavy atom. The van der Waals surface area contributed by atoms with Gasteiger partial charge >= 0.3 is 0 Å². The van der Waals surface area contributed by atoms with Crippen LogP contribution in [0.15, 0.2) is 65.3 Å². The molecule has 0 radical (unpaired) electrons. The minimum Gasteiger partial charge on any atom is -0.459 e. The zero-order valence-electron chi connectivity index (χ0n) is 16.5. The SMILES string of the molecule is CCC(=O)N1CCc2cc(C(=O)Nc3cccc(NC(=O)c4ccco4)c3)ccc21. The van der Waals surface area contributed by atoms with Gasteiger partial charge in [0.25, 0.3) is 11.8 Å². The van der Waals surface area contributed by atoms with Crippen LogP contribution in [0.3, 0.4) is 0 Å². The molecule has 2 heterocycles. The molecule has 7 heteroatoms. The van der Waals surface area contributed by atoms with Gasteiger partial charge in [0.15, 0.2) is 5.76 Å². The average Bonchev–Trinajstić information content (AvgIpc) is 3.43. The van der Waals surface area contributed by atoms with Crippen molar-refractivity contribution >= 4 is 34.8 Å². The lowest BCUT2D eigenvalue weighted by Crippen LogP contribution is -2.27. The second-order valence-electron chi connectivity index (χ2n) is 6.96. The van der Waals surface area contributed by atoms with Gasteiger partial charge in [0, 0.05) is 35.6 Å². The number of amides is 3. The summed E-state index contributed by atoms with van der Waals surface area (Å²) in [4.78, 5) is 38.6. The van der Waals surface area contributed by atoms with Crippen LogP contribution in [0, 0.1) is 0 Å². The molecule has 7 nitrogen and oxygen atoms in total. The molecule has 30 heavy (non-hydrogen) atoms. The van der Waals surface area contributed by atoms with Crippen molar-refractivity contribution in [2.45, 2.75) is 19.8 Å². The van der Waals surface area contributed by atoms with Crippen LogP contribution < -0.4 is 15.5 Å². The number of nitrogens with one attached hydrogen (secondary N) is 2. The Hall–Kier alpha value is -3.87. The molecule has 3 aromatic rings. The molecule has 0 unspecified atom stereocenters. The van der Waals surface area contributed by atoms with E-state index in [1.54, 1.807) is 47.4 Å². The van der Waals surface area contributed by atoms with Gasteiger partial charge in [0.2, 0.25) is 5.91 Å². The number of furan rings is 1. The highest BCUT2D eigenvalue weighted by Crippen LogP contribution is 2.29. The lowest BCUT2D eigenvalue weighted by molar-refractivity contribution is -0.118. The highest BCUT2D eigenvalue weighted by molar-refractivity contribution is 6.06. The van der Waals surface area contributed by atoms with Gasteiger partial charge in [-0.05, 0) is 60.5 Å². The van der Waals surface area contributed by atoms with Crippen molar-refractivity contribution in [2.24, 2.45) is 0 Å². The third-order valence-corrected chi connectivity index (χ3v) is 4.96. The molecule has 0 fully saturated rings. The van der Waals surface area contributed by atoms with Crippen molar-refractivity contribution in [1.29, 1.82) is 0 Å². The molecule has 0 aliphatic carbocycles. The van der Waals surface area contributed by atoms with Crippen molar-refractivity contribution in [3.8, 4) is 0 Å². The first-order chi connectivity index (χ1) is 14.5. The fourth-order valence-electron chi connectivity index (χ4n) is 3.47. The van der Waals surface area contributed by atoms with Gasteiger partial charge in [0.05, 0.1) is 6.26 Å². The fraction of sp³-hybridized carbons (Fsp3) is 0.174. The van der Waals surface area contributed by atoms with E-state index in [0.29, 0.717) is 29.9 Å². The van der Waals surface area contributed by atoms with E-state index in [4.69, 9.17) is 4.42 Å². The first-order valence-electron chi connectivity index (χ1n) is 9.74. The maximum Gasteiger partial charge on any atom is 0.291 e. The predicted octanol–water partition coefficient (Wildman–Crippen LogP) is 4.08. The van der Waals surface area contributed by atoms with Gasteiger partial charge in [-0.25, -0.2) is 0 Å². The van der Waals surface area contributed by atoms with Gasteiger partial charge in [0.1, 0.15) is 0 Å². The monoisotopic (exact) mass is 403 g/mol. The maximum absolute atomic E-state index is 12.7. The van der Waals surface area contributed by atoms with Crippen molar-refractivity contribution in [3.63, 3.8) is 0 Å². The minimum atomic E-state index is -0.367. The second-order valence-corrected chi connectivity index (χ2v) is 6.96. The summed E-state index contributed by atoms with van der Waals surface area (Å²) < 4.78 is 5.08. The minimum absolute atomic E-state index is 0.0827. The average molecular weight is 403 g/mol. The number of nitrogens with zero attached hydrogens (tertiary/aromatic N) is 1. The molecule has 1 aliphatic heterocycles. The van der Waals surface area contributed by atoms with Gasteiger partial charge in [-0.1, -0.05) is 13.0 Å². The normalized spacial score (nSPS) is 12.4. The van der Waals surface area contributed by atoms with Crippen molar-refractivity contribution in [2.75, 3.05) is 22.1 Å². The van der Waals surface area contributed by atoms with Gasteiger partial charge in [-0.3, -0.25) is 14.4 Å². The van der Waals surface area contributed by atoms with E-state index in [1.807, 2.05) is 19.1 Å². The number of hydrogen-bond acceptors (Lipinski definition) is 4. The van der Waals surface area contributed by atoms with Crippen molar-refractivity contribution in [3.05, 3.63) is 77.7 Å². The highest BCUT2D eigenvalue weighted by atomic mass is 16.3. The van der Waals surface area contributed by atoms with Crippen LogP contribution in [-0.2, 0) is 11.2 Å². The van der Waals surface area contributed by atoms with E-state index in [1.165, 1.54) is 6.26 Å². The van der Waals surface area contributed by atoms with Crippen molar-refractivity contribution in [1.82, 2.24) is 0 Å². The molecule has 2 aromatic carbocycles. The van der Waals surface area contributed by atoms with Gasteiger partial charge in [-0.15, -0.1) is 0 Å². The van der Waals surface area contributed by atoms with E-state index in [-0.39, 0.29) is 23.5 Å². The number of benzene rings is 2. The maximum atomic E-state index is 12.7. The Bertz CT molecular complexity index is 1110. The summed E-state index contributed by atoms with van der Waals surface area (Å²) in [5.41, 5.74) is 3.48. The highest BCUT2D eigenvalue weighted by Gasteiger charge is 2.24. The number of fused-ring (bicyclic) bond motifs is 1. The zero-order valence-corrected chi connectivity index (χ0v) is 16.5. The first kappa shape index (κ1) is 19.4. The molecule has 0 saturated heterocycles. The predicted molar refractivity (Wildman–Crippen MR) is 114 cm³/mol. The summed E-state index contributed by atoms with van der Waals surface area (Å²) >= 11 is 0. The third-order valence-electron chi connectivity index (χ3n) is 4.96. The lowest BCUT2D eigenvalue weighted by Gasteiger charge is -2.16. The molecule has 152 valence electrons. The smallest absolute Gasteiger partial charge is 0.291 e. The Kier molecular flexibility index (Phi) is 5.34. The van der Waals surface area contributed by atoms with Gasteiger partial charge in [-0.2, -0.15) is 0 Å². The number of rotatable bonds is 5. The Labute approximate surface area is 173 Å². The summed E-state index contributed by atoms with van der Waals surface area (Å²) in [6, 6.07) is 15.5. The Morgan fingerprint density at radius 3 is 2.43 bits per heavy atom. The molecule has 3 amide bonds. The molecule has 0 bridgehead atoms. The van der Waals surface area contributed by atoms with E-state index in [9.17, 15) is 14.4 Å². The second kappa shape index (κ2) is 8.24. The van der Waals surface area contributed by atoms with Crippen LogP contribution in [0.25, 0.3) is 0 Å². The zero-order chi connectivity index (χ0) is 21.1. The van der Waals surface area contributed by atoms with E-state index in [0.717, 1.165) is 17.7 Å². The van der Waals surface area contributed by atoms with Crippen LogP contribution in [-0.4, -0.2) is 24.3 Å². The molecule has 2 N–H and O–H groups in total. The molecule has 0 spiro atoms. The first-order valence-corrected chi connectivity index (χ1v) is 9.74. The summed E-state index contributed by atoms with van der Waals surface area (Å²) in [6.45, 7) is 2.48. The topological polar surface area (TPSA) is 91.7 Å². The van der Waals surface area contributed by atoms with E-state index < -0.39 is 0 Å². The van der Waals surface area contributed by atoms with Crippen LogP contribution in [0.5, 0.6) is 0 Å². The molecular formula is C23H21N3O4. The van der Waals surface area contributed by atoms with E-state index >= 15 is 0 Å². The summed E-state index contributed by atoms with van der Waals surface area (Å²) in [6.07, 6.45) is 2.62. The Balaban J connectivity index is 1.46. The molecule has 4 rings (SSSR count). The third kappa shape index (κ3) is 3.96. The van der Waals surface area contributed by atoms with Crippen LogP contribution in [0.4, 0.5) is 17.1 Å². The number of anilines is 3. The van der Waals surface area contributed by atoms with Crippen molar-refractivity contribution < 1.29 is 18.8 Å². The van der Waals surface area contributed by atoms with E-state index in [2.05, 4.69) is 10.6 Å². The lowest BCUT2D eigenvalue weighted by atomic mass is 10.1. The van der Waals surface area contributed by atoms with Crippen LogP contribution in [0.2, 0.25) is 0 Å². The molecule has 1 aromatic heterocycles. The Morgan fingerprint density at radius 2 is 1.73 bits per heavy atom. The summed E-state index contributed by atoms with van der Waals surface area (Å²) in [5, 5.41) is 5.58. The van der Waals surface area contributed by atoms with Crippen LogP contribution in [0.1, 0.15) is 39.8 Å². The number of carbonyl (C=O) groups excluding carboxylic acids is 3. The molecule has 0 atom stereocenters.